The zero-order valence-electron chi connectivity index (χ0n) is 16.5. The molecule has 144 valence electrons. The fraction of sp³-hybridized carbons (Fsp3) is 0.950. The Kier molecular flexibility index (Phi) is 5.94. The van der Waals surface area contributed by atoms with E-state index in [9.17, 15) is 4.79 Å². The predicted octanol–water partition coefficient (Wildman–Crippen LogP) is 3.28. The number of alkyl carbamates (subject to hydrolysis) is 1. The van der Waals surface area contributed by atoms with Crippen molar-refractivity contribution in [1.29, 1.82) is 0 Å². The zero-order chi connectivity index (χ0) is 18.0. The third kappa shape index (κ3) is 5.33. The molecule has 3 aliphatic rings. The Bertz CT molecular complexity index is 448. The standard InChI is InChI=1S/C20H37N3O2/c1-20(2,3)25-19(24)22-16-7-5-6-15(12-16)21-13-14-10-17-8-9-18(11-14)23(17)4/h14-18,21H,5-13H2,1-4H3,(H,22,24). The molecular weight excluding hydrogens is 314 g/mol. The maximum absolute atomic E-state index is 12.0. The van der Waals surface area contributed by atoms with Crippen LogP contribution in [0, 0.1) is 5.92 Å². The lowest BCUT2D eigenvalue weighted by atomic mass is 9.88. The number of nitrogens with zero attached hydrogens (tertiary/aromatic N) is 1. The first-order chi connectivity index (χ1) is 11.8. The van der Waals surface area contributed by atoms with E-state index in [2.05, 4.69) is 22.6 Å². The predicted molar refractivity (Wildman–Crippen MR) is 101 cm³/mol. The van der Waals surface area contributed by atoms with Gasteiger partial charge in [-0.1, -0.05) is 0 Å². The van der Waals surface area contributed by atoms with Crippen LogP contribution in [-0.2, 0) is 4.74 Å². The zero-order valence-corrected chi connectivity index (χ0v) is 16.5. The van der Waals surface area contributed by atoms with Crippen molar-refractivity contribution >= 4 is 6.09 Å². The summed E-state index contributed by atoms with van der Waals surface area (Å²) in [6.07, 6.45) is 9.71. The van der Waals surface area contributed by atoms with Crippen LogP contribution in [0.5, 0.6) is 0 Å². The highest BCUT2D eigenvalue weighted by Crippen LogP contribution is 2.37. The number of hydrogen-bond acceptors (Lipinski definition) is 4. The second-order valence-electron chi connectivity index (χ2n) is 9.50. The van der Waals surface area contributed by atoms with Gasteiger partial charge in [-0.3, -0.25) is 0 Å². The molecule has 1 amide bonds. The number of carbonyl (C=O) groups is 1. The van der Waals surface area contributed by atoms with Crippen molar-refractivity contribution in [2.24, 2.45) is 5.92 Å². The van der Waals surface area contributed by atoms with Crippen LogP contribution in [0.25, 0.3) is 0 Å². The summed E-state index contributed by atoms with van der Waals surface area (Å²) in [5, 5.41) is 6.88. The fourth-order valence-electron chi connectivity index (χ4n) is 5.00. The van der Waals surface area contributed by atoms with Crippen molar-refractivity contribution in [3.05, 3.63) is 0 Å². The quantitative estimate of drug-likeness (QED) is 0.816. The van der Waals surface area contributed by atoms with E-state index in [0.29, 0.717) is 6.04 Å². The van der Waals surface area contributed by atoms with Gasteiger partial charge in [0, 0.05) is 24.2 Å². The van der Waals surface area contributed by atoms with E-state index in [-0.39, 0.29) is 12.1 Å². The first kappa shape index (κ1) is 19.0. The van der Waals surface area contributed by atoms with Gasteiger partial charge >= 0.3 is 6.09 Å². The van der Waals surface area contributed by atoms with Crippen LogP contribution in [-0.4, -0.2) is 54.4 Å². The summed E-state index contributed by atoms with van der Waals surface area (Å²) in [7, 11) is 2.31. The lowest BCUT2D eigenvalue weighted by Crippen LogP contribution is -2.48. The molecule has 1 saturated carbocycles. The van der Waals surface area contributed by atoms with Gasteiger partial charge in [0.25, 0.3) is 0 Å². The minimum Gasteiger partial charge on any atom is -0.444 e. The summed E-state index contributed by atoms with van der Waals surface area (Å²) in [5.41, 5.74) is -0.427. The Morgan fingerprint density at radius 2 is 1.68 bits per heavy atom. The van der Waals surface area contributed by atoms with Crippen LogP contribution >= 0.6 is 0 Å². The normalized spacial score (nSPS) is 36.2. The van der Waals surface area contributed by atoms with Crippen molar-refractivity contribution < 1.29 is 9.53 Å². The van der Waals surface area contributed by atoms with Crippen molar-refractivity contribution in [2.45, 2.75) is 102 Å². The van der Waals surface area contributed by atoms with Crippen LogP contribution < -0.4 is 10.6 Å². The van der Waals surface area contributed by atoms with Gasteiger partial charge in [-0.05, 0) is 91.6 Å². The molecule has 0 aromatic carbocycles. The van der Waals surface area contributed by atoms with Crippen LogP contribution in [0.3, 0.4) is 0 Å². The average molecular weight is 352 g/mol. The van der Waals surface area contributed by atoms with E-state index in [4.69, 9.17) is 4.74 Å². The molecule has 2 heterocycles. The van der Waals surface area contributed by atoms with Gasteiger partial charge in [0.05, 0.1) is 0 Å². The molecule has 3 fully saturated rings. The Morgan fingerprint density at radius 1 is 1.04 bits per heavy atom. The van der Waals surface area contributed by atoms with Crippen LogP contribution in [0.4, 0.5) is 4.79 Å². The molecular formula is C20H37N3O2. The molecule has 0 aromatic heterocycles. The van der Waals surface area contributed by atoms with Gasteiger partial charge in [-0.15, -0.1) is 0 Å². The highest BCUT2D eigenvalue weighted by atomic mass is 16.6. The van der Waals surface area contributed by atoms with E-state index < -0.39 is 5.60 Å². The summed E-state index contributed by atoms with van der Waals surface area (Å²) in [6.45, 7) is 6.87. The van der Waals surface area contributed by atoms with Gasteiger partial charge in [-0.25, -0.2) is 4.79 Å². The van der Waals surface area contributed by atoms with Crippen molar-refractivity contribution in [3.63, 3.8) is 0 Å². The van der Waals surface area contributed by atoms with Crippen LogP contribution in [0.1, 0.15) is 72.1 Å². The summed E-state index contributed by atoms with van der Waals surface area (Å²) >= 11 is 0. The second kappa shape index (κ2) is 7.83. The molecule has 2 N–H and O–H groups in total. The molecule has 2 aliphatic heterocycles. The number of nitrogens with one attached hydrogen (secondary N) is 2. The second-order valence-corrected chi connectivity index (χ2v) is 9.50. The highest BCUT2D eigenvalue weighted by molar-refractivity contribution is 5.68. The molecule has 3 rings (SSSR count). The van der Waals surface area contributed by atoms with Gasteiger partial charge in [0.1, 0.15) is 5.60 Å². The first-order valence-corrected chi connectivity index (χ1v) is 10.2. The number of piperidine rings is 1. The minimum absolute atomic E-state index is 0.245. The third-order valence-corrected chi connectivity index (χ3v) is 6.29. The third-order valence-electron chi connectivity index (χ3n) is 6.29. The lowest BCUT2D eigenvalue weighted by molar-refractivity contribution is 0.0487. The number of rotatable bonds is 4. The van der Waals surface area contributed by atoms with Crippen molar-refractivity contribution in [2.75, 3.05) is 13.6 Å². The molecule has 0 spiro atoms. The largest absolute Gasteiger partial charge is 0.444 e. The van der Waals surface area contributed by atoms with Gasteiger partial charge < -0.3 is 20.3 Å². The smallest absolute Gasteiger partial charge is 0.407 e. The number of carbonyl (C=O) groups excluding carboxylic acids is 1. The van der Waals surface area contributed by atoms with E-state index >= 15 is 0 Å². The molecule has 0 radical (unpaired) electrons. The Labute approximate surface area is 153 Å². The first-order valence-electron chi connectivity index (χ1n) is 10.2. The number of ether oxygens (including phenoxy) is 1. The number of fused-ring (bicyclic) bond motifs is 2. The lowest BCUT2D eigenvalue weighted by Gasteiger charge is -2.38. The summed E-state index contributed by atoms with van der Waals surface area (Å²) in [6, 6.07) is 2.41. The Morgan fingerprint density at radius 3 is 2.32 bits per heavy atom. The van der Waals surface area contributed by atoms with E-state index in [1.54, 1.807) is 0 Å². The summed E-state index contributed by atoms with van der Waals surface area (Å²) < 4.78 is 5.40. The van der Waals surface area contributed by atoms with Gasteiger partial charge in [0.2, 0.25) is 0 Å². The summed E-state index contributed by atoms with van der Waals surface area (Å²) in [5.74, 6) is 0.827. The van der Waals surface area contributed by atoms with Crippen molar-refractivity contribution in [3.8, 4) is 0 Å². The van der Waals surface area contributed by atoms with Crippen LogP contribution in [0.2, 0.25) is 0 Å². The summed E-state index contributed by atoms with van der Waals surface area (Å²) in [4.78, 5) is 14.6. The molecule has 5 heteroatoms. The molecule has 4 unspecified atom stereocenters. The van der Waals surface area contributed by atoms with E-state index in [1.807, 2.05) is 20.8 Å². The molecule has 0 aromatic rings. The number of amides is 1. The molecule has 4 atom stereocenters. The maximum Gasteiger partial charge on any atom is 0.407 e. The number of hydrogen-bond donors (Lipinski definition) is 2. The average Bonchev–Trinajstić information content (AvgIpc) is 2.73. The minimum atomic E-state index is -0.427. The van der Waals surface area contributed by atoms with E-state index in [1.165, 1.54) is 38.5 Å². The van der Waals surface area contributed by atoms with Crippen LogP contribution in [0.15, 0.2) is 0 Å². The molecule has 2 bridgehead atoms. The van der Waals surface area contributed by atoms with E-state index in [0.717, 1.165) is 37.4 Å². The fourth-order valence-corrected chi connectivity index (χ4v) is 5.00. The van der Waals surface area contributed by atoms with Gasteiger partial charge in [0.15, 0.2) is 0 Å². The molecule has 2 saturated heterocycles. The van der Waals surface area contributed by atoms with Gasteiger partial charge in [-0.2, -0.15) is 0 Å². The molecule has 25 heavy (non-hydrogen) atoms. The molecule has 1 aliphatic carbocycles. The maximum atomic E-state index is 12.0. The molecule has 5 nitrogen and oxygen atoms in total. The van der Waals surface area contributed by atoms with Crippen molar-refractivity contribution in [1.82, 2.24) is 15.5 Å². The topological polar surface area (TPSA) is 53.6 Å². The monoisotopic (exact) mass is 351 g/mol. The highest BCUT2D eigenvalue weighted by Gasteiger charge is 2.38. The Hall–Kier alpha value is -0.810. The SMILES string of the molecule is CN1C2CCC1CC(CNC1CCCC(NC(=O)OC(C)(C)C)C1)C2. The Balaban J connectivity index is 1.39.